The first kappa shape index (κ1) is 12.3. The van der Waals surface area contributed by atoms with Gasteiger partial charge in [-0.2, -0.15) is 0 Å². The molecule has 5 nitrogen and oxygen atoms in total. The maximum Gasteiger partial charge on any atom is 0.304 e. The fraction of sp³-hybridized carbons (Fsp3) is 0.308. The zero-order valence-electron chi connectivity index (χ0n) is 9.92. The molecule has 0 bridgehead atoms. The number of benzene rings is 1. The molecule has 0 aliphatic carbocycles. The number of aliphatic imine (C=N–C) groups is 1. The second-order valence-electron chi connectivity index (χ2n) is 4.20. The molecule has 0 aromatic heterocycles. The van der Waals surface area contributed by atoms with Gasteiger partial charge in [-0.25, -0.2) is 0 Å². The molecule has 0 radical (unpaired) electrons. The molecule has 5 heteroatoms. The van der Waals surface area contributed by atoms with Gasteiger partial charge in [-0.15, -0.1) is 0 Å². The average molecular weight is 247 g/mol. The predicted molar refractivity (Wildman–Crippen MR) is 65.3 cm³/mol. The second kappa shape index (κ2) is 5.00. The van der Waals surface area contributed by atoms with Gasteiger partial charge in [-0.1, -0.05) is 13.0 Å². The van der Waals surface area contributed by atoms with Crippen LogP contribution in [0.2, 0.25) is 0 Å². The van der Waals surface area contributed by atoms with Crippen molar-refractivity contribution in [2.24, 2.45) is 10.9 Å². The van der Waals surface area contributed by atoms with Gasteiger partial charge in [0.2, 0.25) is 0 Å². The first-order valence-electron chi connectivity index (χ1n) is 5.60. The summed E-state index contributed by atoms with van der Waals surface area (Å²) in [5.41, 5.74) is 1.29. The van der Waals surface area contributed by atoms with Crippen LogP contribution in [-0.4, -0.2) is 29.8 Å². The van der Waals surface area contributed by atoms with Crippen LogP contribution in [0.15, 0.2) is 23.2 Å². The number of hydrogen-bond donors (Lipinski definition) is 1. The molecule has 2 rings (SSSR count). The van der Waals surface area contributed by atoms with E-state index < -0.39 is 11.9 Å². The Morgan fingerprint density at radius 3 is 3.00 bits per heavy atom. The molecule has 18 heavy (non-hydrogen) atoms. The number of nitrogens with zero attached hydrogens (tertiary/aromatic N) is 1. The number of aliphatic carboxylic acids is 1. The normalized spacial score (nSPS) is 14.5. The zero-order chi connectivity index (χ0) is 13.1. The third kappa shape index (κ3) is 2.56. The number of ether oxygens (including phenoxy) is 1. The van der Waals surface area contributed by atoms with E-state index >= 15 is 0 Å². The molecule has 0 spiro atoms. The molecule has 0 fully saturated rings. The van der Waals surface area contributed by atoms with Crippen LogP contribution in [0.25, 0.3) is 0 Å². The highest BCUT2D eigenvalue weighted by atomic mass is 16.5. The molecule has 1 unspecified atom stereocenters. The molecular formula is C13H13NO4. The lowest BCUT2D eigenvalue weighted by molar-refractivity contribution is -0.137. The summed E-state index contributed by atoms with van der Waals surface area (Å²) >= 11 is 0. The van der Waals surface area contributed by atoms with Crippen molar-refractivity contribution in [3.05, 3.63) is 29.3 Å². The van der Waals surface area contributed by atoms with Gasteiger partial charge in [-0.3, -0.25) is 14.6 Å². The number of hydrogen-bond acceptors (Lipinski definition) is 4. The van der Waals surface area contributed by atoms with Crippen LogP contribution in [-0.2, 0) is 4.79 Å². The van der Waals surface area contributed by atoms with Crippen molar-refractivity contribution >= 4 is 18.0 Å². The first-order valence-corrected chi connectivity index (χ1v) is 5.60. The summed E-state index contributed by atoms with van der Waals surface area (Å²) in [4.78, 5) is 26.6. The van der Waals surface area contributed by atoms with Gasteiger partial charge in [0.15, 0.2) is 12.5 Å². The van der Waals surface area contributed by atoms with Crippen molar-refractivity contribution in [3.8, 4) is 5.75 Å². The molecule has 1 aromatic rings. The SMILES string of the molecule is CC(CC(=O)O)C(=O)c1ccc2c(c1)OCN=C2. The van der Waals surface area contributed by atoms with Crippen LogP contribution < -0.4 is 4.74 Å². The zero-order valence-corrected chi connectivity index (χ0v) is 9.92. The molecule has 1 heterocycles. The Labute approximate surface area is 104 Å². The molecule has 1 N–H and O–H groups in total. The van der Waals surface area contributed by atoms with E-state index in [1.54, 1.807) is 31.3 Å². The van der Waals surface area contributed by atoms with E-state index in [0.717, 1.165) is 5.56 Å². The van der Waals surface area contributed by atoms with Crippen LogP contribution in [0.5, 0.6) is 5.75 Å². The van der Waals surface area contributed by atoms with E-state index in [1.165, 1.54) is 0 Å². The Morgan fingerprint density at radius 2 is 2.28 bits per heavy atom. The second-order valence-corrected chi connectivity index (χ2v) is 4.20. The Balaban J connectivity index is 2.21. The maximum atomic E-state index is 12.0. The van der Waals surface area contributed by atoms with E-state index in [9.17, 15) is 9.59 Å². The summed E-state index contributed by atoms with van der Waals surface area (Å²) in [6.45, 7) is 1.85. The van der Waals surface area contributed by atoms with Crippen molar-refractivity contribution in [3.63, 3.8) is 0 Å². The van der Waals surface area contributed by atoms with E-state index in [2.05, 4.69) is 4.99 Å². The molecule has 0 saturated heterocycles. The molecular weight excluding hydrogens is 234 g/mol. The van der Waals surface area contributed by atoms with Crippen LogP contribution in [0, 0.1) is 5.92 Å². The number of carboxylic acids is 1. The molecule has 0 amide bonds. The highest BCUT2D eigenvalue weighted by Crippen LogP contribution is 2.23. The number of fused-ring (bicyclic) bond motifs is 1. The van der Waals surface area contributed by atoms with Crippen molar-refractivity contribution in [1.82, 2.24) is 0 Å². The number of carbonyl (C=O) groups excluding carboxylic acids is 1. The lowest BCUT2D eigenvalue weighted by Crippen LogP contribution is -2.16. The van der Waals surface area contributed by atoms with Gasteiger partial charge >= 0.3 is 5.97 Å². The van der Waals surface area contributed by atoms with Gasteiger partial charge in [0.25, 0.3) is 0 Å². The standard InChI is InChI=1S/C13H13NO4/c1-8(4-12(15)16)13(17)9-2-3-10-6-14-7-18-11(10)5-9/h2-3,5-6,8H,4,7H2,1H3,(H,15,16). The molecule has 1 atom stereocenters. The average Bonchev–Trinajstić information content (AvgIpc) is 2.36. The van der Waals surface area contributed by atoms with E-state index in [4.69, 9.17) is 9.84 Å². The quantitative estimate of drug-likeness (QED) is 0.822. The van der Waals surface area contributed by atoms with Crippen LogP contribution in [0.3, 0.4) is 0 Å². The Morgan fingerprint density at radius 1 is 1.50 bits per heavy atom. The number of Topliss-reactive ketones (excluding diaryl/α,β-unsaturated/α-hetero) is 1. The van der Waals surface area contributed by atoms with Gasteiger partial charge in [0.05, 0.1) is 6.42 Å². The monoisotopic (exact) mass is 247 g/mol. The fourth-order valence-electron chi connectivity index (χ4n) is 1.80. The fourth-order valence-corrected chi connectivity index (χ4v) is 1.80. The lowest BCUT2D eigenvalue weighted by atomic mass is 9.95. The van der Waals surface area contributed by atoms with Gasteiger partial charge in [-0.05, 0) is 12.1 Å². The number of carbonyl (C=O) groups is 2. The van der Waals surface area contributed by atoms with Gasteiger partial charge in [0, 0.05) is 23.3 Å². The number of carboxylic acid groups (broad SMARTS) is 1. The summed E-state index contributed by atoms with van der Waals surface area (Å²) < 4.78 is 5.31. The Hall–Kier alpha value is -2.17. The van der Waals surface area contributed by atoms with E-state index in [0.29, 0.717) is 11.3 Å². The topological polar surface area (TPSA) is 76.0 Å². The largest absolute Gasteiger partial charge is 0.481 e. The minimum absolute atomic E-state index is 0.168. The van der Waals surface area contributed by atoms with Crippen LogP contribution in [0.4, 0.5) is 0 Å². The molecule has 1 aliphatic heterocycles. The molecule has 1 aromatic carbocycles. The minimum Gasteiger partial charge on any atom is -0.481 e. The third-order valence-corrected chi connectivity index (χ3v) is 2.75. The van der Waals surface area contributed by atoms with Crippen LogP contribution in [0.1, 0.15) is 29.3 Å². The smallest absolute Gasteiger partial charge is 0.304 e. The minimum atomic E-state index is -0.975. The summed E-state index contributed by atoms with van der Waals surface area (Å²) in [5, 5.41) is 8.68. The Kier molecular flexibility index (Phi) is 3.41. The van der Waals surface area contributed by atoms with E-state index in [-0.39, 0.29) is 18.9 Å². The number of ketones is 1. The van der Waals surface area contributed by atoms with Crippen molar-refractivity contribution in [1.29, 1.82) is 0 Å². The first-order chi connectivity index (χ1) is 8.58. The lowest BCUT2D eigenvalue weighted by Gasteiger charge is -2.14. The van der Waals surface area contributed by atoms with Crippen LogP contribution >= 0.6 is 0 Å². The summed E-state index contributed by atoms with van der Waals surface area (Å²) in [6, 6.07) is 5.06. The molecule has 0 saturated carbocycles. The molecule has 94 valence electrons. The van der Waals surface area contributed by atoms with E-state index in [1.807, 2.05) is 0 Å². The highest BCUT2D eigenvalue weighted by molar-refractivity contribution is 6.00. The van der Waals surface area contributed by atoms with Crippen molar-refractivity contribution in [2.75, 3.05) is 6.73 Å². The Bertz CT molecular complexity index is 522. The summed E-state index contributed by atoms with van der Waals surface area (Å²) in [5.74, 6) is -1.10. The highest BCUT2D eigenvalue weighted by Gasteiger charge is 2.19. The molecule has 1 aliphatic rings. The van der Waals surface area contributed by atoms with Gasteiger partial charge in [0.1, 0.15) is 5.75 Å². The predicted octanol–water partition coefficient (Wildman–Crippen LogP) is 1.75. The van der Waals surface area contributed by atoms with Gasteiger partial charge < -0.3 is 9.84 Å². The summed E-state index contributed by atoms with van der Waals surface area (Å²) in [7, 11) is 0. The summed E-state index contributed by atoms with van der Waals surface area (Å²) in [6.07, 6.45) is 1.52. The van der Waals surface area contributed by atoms with Crippen molar-refractivity contribution in [2.45, 2.75) is 13.3 Å². The number of rotatable bonds is 4. The maximum absolute atomic E-state index is 12.0. The third-order valence-electron chi connectivity index (χ3n) is 2.75. The van der Waals surface area contributed by atoms with Crippen molar-refractivity contribution < 1.29 is 19.4 Å².